The highest BCUT2D eigenvalue weighted by Crippen LogP contribution is 2.25. The van der Waals surface area contributed by atoms with E-state index < -0.39 is 0 Å². The Morgan fingerprint density at radius 3 is 2.82 bits per heavy atom. The van der Waals surface area contributed by atoms with Gasteiger partial charge in [-0.25, -0.2) is 9.38 Å². The third-order valence-electron chi connectivity index (χ3n) is 3.29. The first-order valence-corrected chi connectivity index (χ1v) is 6.02. The Hall–Kier alpha value is -1.42. The van der Waals surface area contributed by atoms with Crippen molar-refractivity contribution >= 4 is 5.90 Å². The van der Waals surface area contributed by atoms with E-state index in [1.807, 2.05) is 0 Å². The molecular weight excluding hydrogens is 219 g/mol. The van der Waals surface area contributed by atoms with Crippen molar-refractivity contribution in [2.24, 2.45) is 4.99 Å². The summed E-state index contributed by atoms with van der Waals surface area (Å²) in [5.41, 5.74) is 1.01. The first-order chi connectivity index (χ1) is 8.33. The van der Waals surface area contributed by atoms with Gasteiger partial charge in [0.1, 0.15) is 18.5 Å². The Bertz CT molecular complexity index is 424. The molecule has 17 heavy (non-hydrogen) atoms. The maximum Gasteiger partial charge on any atom is 0.201 e. The fourth-order valence-electron chi connectivity index (χ4n) is 2.33. The van der Waals surface area contributed by atoms with Crippen LogP contribution in [0.1, 0.15) is 24.4 Å². The molecule has 0 spiro atoms. The lowest BCUT2D eigenvalue weighted by Crippen LogP contribution is -2.30. The van der Waals surface area contributed by atoms with Crippen LogP contribution in [0.4, 0.5) is 4.39 Å². The molecule has 1 aromatic carbocycles. The molecule has 1 aromatic rings. The van der Waals surface area contributed by atoms with Crippen LogP contribution in [0.25, 0.3) is 0 Å². The smallest absolute Gasteiger partial charge is 0.201 e. The van der Waals surface area contributed by atoms with Crippen molar-refractivity contribution < 1.29 is 9.13 Å². The van der Waals surface area contributed by atoms with Crippen LogP contribution >= 0.6 is 0 Å². The van der Waals surface area contributed by atoms with Gasteiger partial charge in [0.2, 0.25) is 5.90 Å². The molecule has 1 fully saturated rings. The van der Waals surface area contributed by atoms with Gasteiger partial charge in [0.15, 0.2) is 0 Å². The first-order valence-electron chi connectivity index (χ1n) is 6.02. The van der Waals surface area contributed by atoms with Crippen molar-refractivity contribution in [1.29, 1.82) is 0 Å². The number of aliphatic imine (C=N–C) groups is 1. The molecule has 0 aromatic heterocycles. The van der Waals surface area contributed by atoms with Gasteiger partial charge in [0.25, 0.3) is 0 Å². The van der Waals surface area contributed by atoms with Crippen LogP contribution in [0.15, 0.2) is 29.3 Å². The van der Waals surface area contributed by atoms with Crippen molar-refractivity contribution in [2.45, 2.75) is 24.9 Å². The number of nitrogens with zero attached hydrogens (tertiary/aromatic N) is 1. The van der Waals surface area contributed by atoms with E-state index >= 15 is 0 Å². The summed E-state index contributed by atoms with van der Waals surface area (Å²) in [6, 6.07) is 6.79. The monoisotopic (exact) mass is 234 g/mol. The molecule has 1 N–H and O–H groups in total. The van der Waals surface area contributed by atoms with Crippen LogP contribution in [0.2, 0.25) is 0 Å². The molecule has 0 saturated carbocycles. The van der Waals surface area contributed by atoms with Crippen LogP contribution in [0.5, 0.6) is 0 Å². The molecule has 4 heteroatoms. The zero-order valence-electron chi connectivity index (χ0n) is 9.53. The molecule has 90 valence electrons. The maximum atomic E-state index is 12.8. The van der Waals surface area contributed by atoms with Gasteiger partial charge in [-0.1, -0.05) is 12.1 Å². The summed E-state index contributed by atoms with van der Waals surface area (Å²) in [5.74, 6) is 0.603. The predicted molar refractivity (Wildman–Crippen MR) is 63.6 cm³/mol. The largest absolute Gasteiger partial charge is 0.477 e. The molecule has 2 heterocycles. The minimum atomic E-state index is -0.214. The average Bonchev–Trinajstić information content (AvgIpc) is 3.00. The van der Waals surface area contributed by atoms with E-state index in [2.05, 4.69) is 10.3 Å². The molecule has 2 aliphatic rings. The Labute approximate surface area is 99.7 Å². The van der Waals surface area contributed by atoms with Crippen LogP contribution < -0.4 is 5.32 Å². The molecular formula is C13H15FN2O. The van der Waals surface area contributed by atoms with E-state index in [9.17, 15) is 4.39 Å². The second kappa shape index (κ2) is 4.45. The maximum absolute atomic E-state index is 12.8. The molecule has 0 aliphatic carbocycles. The number of hydrogen-bond donors (Lipinski definition) is 1. The summed E-state index contributed by atoms with van der Waals surface area (Å²) in [6.45, 7) is 1.60. The molecule has 2 unspecified atom stereocenters. The quantitative estimate of drug-likeness (QED) is 0.849. The predicted octanol–water partition coefficient (Wildman–Crippen LogP) is 2.05. The molecule has 0 bridgehead atoms. The molecule has 2 aliphatic heterocycles. The van der Waals surface area contributed by atoms with E-state index in [1.54, 1.807) is 12.1 Å². The minimum absolute atomic E-state index is 0.0213. The Balaban J connectivity index is 1.75. The summed E-state index contributed by atoms with van der Waals surface area (Å²) in [6.07, 6.45) is 2.27. The zero-order chi connectivity index (χ0) is 11.7. The third kappa shape index (κ3) is 2.17. The summed E-state index contributed by atoms with van der Waals surface area (Å²) in [5, 5.41) is 3.36. The van der Waals surface area contributed by atoms with E-state index in [-0.39, 0.29) is 17.9 Å². The van der Waals surface area contributed by atoms with E-state index in [4.69, 9.17) is 4.74 Å². The number of hydrogen-bond acceptors (Lipinski definition) is 3. The van der Waals surface area contributed by atoms with Crippen LogP contribution in [-0.4, -0.2) is 25.1 Å². The number of halogens is 1. The SMILES string of the molecule is Fc1ccc(C2COC(C3CCCN3)=N2)cc1. The van der Waals surface area contributed by atoms with E-state index in [0.717, 1.165) is 24.4 Å². The molecule has 0 radical (unpaired) electrons. The first kappa shape index (κ1) is 10.7. The van der Waals surface area contributed by atoms with Gasteiger partial charge in [-0.15, -0.1) is 0 Å². The Kier molecular flexibility index (Phi) is 2.81. The molecule has 0 amide bonds. The fraction of sp³-hybridized carbons (Fsp3) is 0.462. The van der Waals surface area contributed by atoms with Gasteiger partial charge in [-0.2, -0.15) is 0 Å². The van der Waals surface area contributed by atoms with Crippen molar-refractivity contribution in [3.8, 4) is 0 Å². The highest BCUT2D eigenvalue weighted by atomic mass is 19.1. The van der Waals surface area contributed by atoms with Crippen molar-refractivity contribution in [3.05, 3.63) is 35.6 Å². The fourth-order valence-corrected chi connectivity index (χ4v) is 2.33. The van der Waals surface area contributed by atoms with Crippen molar-refractivity contribution in [1.82, 2.24) is 5.32 Å². The highest BCUT2D eigenvalue weighted by molar-refractivity contribution is 5.83. The molecule has 2 atom stereocenters. The summed E-state index contributed by atoms with van der Waals surface area (Å²) in [7, 11) is 0. The molecule has 3 nitrogen and oxygen atoms in total. The standard InChI is InChI=1S/C13H15FN2O/c14-10-5-3-9(4-6-10)12-8-17-13(16-12)11-2-1-7-15-11/h3-6,11-12,15H,1-2,7-8H2. The topological polar surface area (TPSA) is 33.6 Å². The minimum Gasteiger partial charge on any atom is -0.477 e. The number of benzene rings is 1. The number of nitrogens with one attached hydrogen (secondary N) is 1. The van der Waals surface area contributed by atoms with Gasteiger partial charge in [0, 0.05) is 0 Å². The summed E-state index contributed by atoms with van der Waals surface area (Å²) >= 11 is 0. The highest BCUT2D eigenvalue weighted by Gasteiger charge is 2.28. The number of rotatable bonds is 2. The second-order valence-electron chi connectivity index (χ2n) is 4.49. The van der Waals surface area contributed by atoms with Crippen molar-refractivity contribution in [3.63, 3.8) is 0 Å². The van der Waals surface area contributed by atoms with Gasteiger partial charge < -0.3 is 10.1 Å². The lowest BCUT2D eigenvalue weighted by atomic mass is 10.1. The summed E-state index contributed by atoms with van der Waals surface area (Å²) < 4.78 is 18.4. The zero-order valence-corrected chi connectivity index (χ0v) is 9.53. The van der Waals surface area contributed by atoms with Gasteiger partial charge in [-0.05, 0) is 37.1 Å². The Morgan fingerprint density at radius 2 is 2.12 bits per heavy atom. The Morgan fingerprint density at radius 1 is 1.29 bits per heavy atom. The average molecular weight is 234 g/mol. The van der Waals surface area contributed by atoms with E-state index in [0.29, 0.717) is 6.61 Å². The van der Waals surface area contributed by atoms with Gasteiger partial charge in [-0.3, -0.25) is 0 Å². The lowest BCUT2D eigenvalue weighted by molar-refractivity contribution is 0.304. The normalized spacial score (nSPS) is 27.9. The lowest BCUT2D eigenvalue weighted by Gasteiger charge is -2.08. The number of ether oxygens (including phenoxy) is 1. The van der Waals surface area contributed by atoms with E-state index in [1.165, 1.54) is 18.6 Å². The third-order valence-corrected chi connectivity index (χ3v) is 3.29. The van der Waals surface area contributed by atoms with Gasteiger partial charge in [0.05, 0.1) is 6.04 Å². The second-order valence-corrected chi connectivity index (χ2v) is 4.49. The van der Waals surface area contributed by atoms with Crippen LogP contribution in [0, 0.1) is 5.82 Å². The molecule has 1 saturated heterocycles. The summed E-state index contributed by atoms with van der Waals surface area (Å²) in [4.78, 5) is 4.58. The van der Waals surface area contributed by atoms with Crippen LogP contribution in [0.3, 0.4) is 0 Å². The van der Waals surface area contributed by atoms with Gasteiger partial charge >= 0.3 is 0 Å². The van der Waals surface area contributed by atoms with Crippen LogP contribution in [-0.2, 0) is 4.74 Å². The molecule has 3 rings (SSSR count). The van der Waals surface area contributed by atoms with Crippen molar-refractivity contribution in [2.75, 3.05) is 13.2 Å².